The maximum atomic E-state index is 12.5. The summed E-state index contributed by atoms with van der Waals surface area (Å²) in [7, 11) is 0. The van der Waals surface area contributed by atoms with Crippen molar-refractivity contribution in [2.24, 2.45) is 5.92 Å². The average Bonchev–Trinajstić information content (AvgIpc) is 3.03. The first kappa shape index (κ1) is 20.3. The fourth-order valence-corrected chi connectivity index (χ4v) is 3.32. The van der Waals surface area contributed by atoms with Gasteiger partial charge < -0.3 is 9.47 Å². The van der Waals surface area contributed by atoms with Crippen molar-refractivity contribution in [2.45, 2.75) is 40.2 Å². The van der Waals surface area contributed by atoms with Gasteiger partial charge in [0.25, 0.3) is 5.91 Å². The zero-order chi connectivity index (χ0) is 19.1. The quantitative estimate of drug-likeness (QED) is 0.623. The number of likely N-dealkylation sites (N-methyl/N-ethyl adjacent to an activating group) is 1. The smallest absolute Gasteiger partial charge is 0.335 e. The summed E-state index contributed by atoms with van der Waals surface area (Å²) in [5.41, 5.74) is 0.850. The number of nitrogens with zero attached hydrogens (tertiary/aromatic N) is 2. The highest BCUT2D eigenvalue weighted by atomic mass is 32.1. The first-order chi connectivity index (χ1) is 12.4. The number of rotatable bonds is 9. The molecular formula is C19H26N2O4S. The second-order valence-electron chi connectivity index (χ2n) is 6.41. The summed E-state index contributed by atoms with van der Waals surface area (Å²) in [6.07, 6.45) is 0.191. The monoisotopic (exact) mass is 378 g/mol. The molecule has 1 aromatic carbocycles. The van der Waals surface area contributed by atoms with Crippen molar-refractivity contribution in [2.75, 3.05) is 24.7 Å². The Morgan fingerprint density at radius 1 is 1.23 bits per heavy atom. The number of amides is 1. The van der Waals surface area contributed by atoms with E-state index in [9.17, 15) is 9.59 Å². The van der Waals surface area contributed by atoms with E-state index in [1.54, 1.807) is 6.92 Å². The lowest BCUT2D eigenvalue weighted by Gasteiger charge is -2.18. The molecule has 1 unspecified atom stereocenters. The summed E-state index contributed by atoms with van der Waals surface area (Å²) in [4.78, 5) is 30.4. The Bertz CT molecular complexity index is 711. The number of ether oxygens (including phenoxy) is 2. The Balaban J connectivity index is 1.89. The molecule has 0 fully saturated rings. The zero-order valence-electron chi connectivity index (χ0n) is 15.7. The average molecular weight is 378 g/mol. The first-order valence-electron chi connectivity index (χ1n) is 8.86. The number of carbonyl (C=O) groups excluding carboxylic acids is 2. The standard InChI is InChI=1S/C19H26N2O4S/c1-5-21(19-20-15-8-6-7-9-16(15)26-19)17(22)12-25-18(23)14(4)24-11-10-13(2)3/h6-9,13-14H,5,10-12H2,1-4H3. The fourth-order valence-electron chi connectivity index (χ4n) is 2.27. The molecule has 0 spiro atoms. The van der Waals surface area contributed by atoms with E-state index >= 15 is 0 Å². The van der Waals surface area contributed by atoms with Gasteiger partial charge in [-0.15, -0.1) is 0 Å². The van der Waals surface area contributed by atoms with Crippen LogP contribution in [0.3, 0.4) is 0 Å². The Kier molecular flexibility index (Phi) is 7.53. The molecule has 0 N–H and O–H groups in total. The second kappa shape index (κ2) is 9.64. The summed E-state index contributed by atoms with van der Waals surface area (Å²) in [5, 5.41) is 0.607. The third-order valence-corrected chi connectivity index (χ3v) is 4.92. The van der Waals surface area contributed by atoms with Gasteiger partial charge in [0.1, 0.15) is 0 Å². The Labute approximate surface area is 158 Å². The van der Waals surface area contributed by atoms with E-state index in [4.69, 9.17) is 9.47 Å². The van der Waals surface area contributed by atoms with Crippen LogP contribution in [0.1, 0.15) is 34.1 Å². The molecule has 0 saturated heterocycles. The SMILES string of the molecule is CCN(C(=O)COC(=O)C(C)OCCC(C)C)c1nc2ccccc2s1. The van der Waals surface area contributed by atoms with Crippen LogP contribution in [-0.2, 0) is 19.1 Å². The van der Waals surface area contributed by atoms with E-state index in [-0.39, 0.29) is 12.5 Å². The van der Waals surface area contributed by atoms with Crippen molar-refractivity contribution in [1.29, 1.82) is 0 Å². The summed E-state index contributed by atoms with van der Waals surface area (Å²) < 4.78 is 11.6. The molecule has 1 amide bonds. The van der Waals surface area contributed by atoms with Crippen LogP contribution in [0.5, 0.6) is 0 Å². The number of hydrogen-bond acceptors (Lipinski definition) is 6. The van der Waals surface area contributed by atoms with Gasteiger partial charge in [-0.3, -0.25) is 9.69 Å². The van der Waals surface area contributed by atoms with Gasteiger partial charge in [0.05, 0.1) is 10.2 Å². The van der Waals surface area contributed by atoms with Crippen LogP contribution >= 0.6 is 11.3 Å². The molecule has 0 bridgehead atoms. The molecule has 142 valence electrons. The van der Waals surface area contributed by atoms with E-state index in [0.717, 1.165) is 16.6 Å². The molecule has 0 aliphatic heterocycles. The van der Waals surface area contributed by atoms with Gasteiger partial charge in [-0.05, 0) is 38.3 Å². The number of carbonyl (C=O) groups is 2. The number of hydrogen-bond donors (Lipinski definition) is 0. The minimum absolute atomic E-state index is 0.297. The van der Waals surface area contributed by atoms with E-state index in [2.05, 4.69) is 18.8 Å². The summed E-state index contributed by atoms with van der Waals surface area (Å²) in [6.45, 7) is 8.31. The Morgan fingerprint density at radius 3 is 2.62 bits per heavy atom. The molecule has 6 nitrogen and oxygen atoms in total. The van der Waals surface area contributed by atoms with Crippen LogP contribution in [0.15, 0.2) is 24.3 Å². The second-order valence-corrected chi connectivity index (χ2v) is 7.41. The minimum Gasteiger partial charge on any atom is -0.454 e. The molecule has 1 heterocycles. The number of aromatic nitrogens is 1. The van der Waals surface area contributed by atoms with Crippen molar-refractivity contribution in [3.63, 3.8) is 0 Å². The van der Waals surface area contributed by atoms with Gasteiger partial charge in [-0.2, -0.15) is 0 Å². The van der Waals surface area contributed by atoms with Crippen LogP contribution in [0.4, 0.5) is 5.13 Å². The maximum Gasteiger partial charge on any atom is 0.335 e. The highest BCUT2D eigenvalue weighted by Crippen LogP contribution is 2.28. The molecule has 0 aliphatic rings. The number of para-hydroxylation sites is 1. The van der Waals surface area contributed by atoms with Crippen LogP contribution in [-0.4, -0.2) is 42.7 Å². The van der Waals surface area contributed by atoms with Gasteiger partial charge in [-0.1, -0.05) is 37.3 Å². The van der Waals surface area contributed by atoms with E-state index in [1.165, 1.54) is 16.2 Å². The van der Waals surface area contributed by atoms with Crippen molar-refractivity contribution < 1.29 is 19.1 Å². The maximum absolute atomic E-state index is 12.5. The largest absolute Gasteiger partial charge is 0.454 e. The molecule has 7 heteroatoms. The molecule has 2 rings (SSSR count). The lowest BCUT2D eigenvalue weighted by molar-refractivity contribution is -0.158. The third-order valence-electron chi connectivity index (χ3n) is 3.86. The van der Waals surface area contributed by atoms with Crippen LogP contribution < -0.4 is 4.90 Å². The highest BCUT2D eigenvalue weighted by Gasteiger charge is 2.21. The molecule has 2 aromatic rings. The Hall–Kier alpha value is -1.99. The van der Waals surface area contributed by atoms with Crippen LogP contribution in [0.2, 0.25) is 0 Å². The van der Waals surface area contributed by atoms with Gasteiger partial charge in [0.15, 0.2) is 17.8 Å². The molecule has 26 heavy (non-hydrogen) atoms. The van der Waals surface area contributed by atoms with E-state index in [1.807, 2.05) is 31.2 Å². The van der Waals surface area contributed by atoms with Crippen LogP contribution in [0, 0.1) is 5.92 Å². The van der Waals surface area contributed by atoms with Crippen molar-refractivity contribution in [3.8, 4) is 0 Å². The normalized spacial score (nSPS) is 12.3. The highest BCUT2D eigenvalue weighted by molar-refractivity contribution is 7.22. The lowest BCUT2D eigenvalue weighted by Crippen LogP contribution is -2.36. The molecule has 0 saturated carbocycles. The molecular weight excluding hydrogens is 352 g/mol. The predicted molar refractivity (Wildman–Crippen MR) is 103 cm³/mol. The van der Waals surface area contributed by atoms with Crippen LogP contribution in [0.25, 0.3) is 10.2 Å². The first-order valence-corrected chi connectivity index (χ1v) is 9.68. The molecule has 0 radical (unpaired) electrons. The van der Waals surface area contributed by atoms with Gasteiger partial charge in [-0.25, -0.2) is 9.78 Å². The number of esters is 1. The fraction of sp³-hybridized carbons (Fsp3) is 0.526. The number of fused-ring (bicyclic) bond motifs is 1. The van der Waals surface area contributed by atoms with E-state index in [0.29, 0.717) is 24.2 Å². The molecule has 1 atom stereocenters. The van der Waals surface area contributed by atoms with Crippen molar-refractivity contribution in [3.05, 3.63) is 24.3 Å². The van der Waals surface area contributed by atoms with Crippen molar-refractivity contribution >= 4 is 38.6 Å². The molecule has 1 aromatic heterocycles. The van der Waals surface area contributed by atoms with Crippen molar-refractivity contribution in [1.82, 2.24) is 4.98 Å². The zero-order valence-corrected chi connectivity index (χ0v) is 16.5. The number of benzene rings is 1. The summed E-state index contributed by atoms with van der Waals surface area (Å²) in [5.74, 6) is -0.316. The topological polar surface area (TPSA) is 68.7 Å². The minimum atomic E-state index is -0.681. The Morgan fingerprint density at radius 2 is 1.96 bits per heavy atom. The van der Waals surface area contributed by atoms with E-state index < -0.39 is 12.1 Å². The number of thiazole rings is 1. The summed E-state index contributed by atoms with van der Waals surface area (Å²) >= 11 is 1.44. The third kappa shape index (κ3) is 5.51. The van der Waals surface area contributed by atoms with Gasteiger partial charge in [0, 0.05) is 13.2 Å². The lowest BCUT2D eigenvalue weighted by atomic mass is 10.1. The molecule has 0 aliphatic carbocycles. The summed E-state index contributed by atoms with van der Waals surface area (Å²) in [6, 6.07) is 7.71. The number of anilines is 1. The van der Waals surface area contributed by atoms with Gasteiger partial charge in [0.2, 0.25) is 0 Å². The predicted octanol–water partition coefficient (Wildman–Crippen LogP) is 3.64. The van der Waals surface area contributed by atoms with Gasteiger partial charge >= 0.3 is 5.97 Å².